The van der Waals surface area contributed by atoms with Crippen LogP contribution in [0, 0.1) is 0 Å². The van der Waals surface area contributed by atoms with Crippen LogP contribution in [-0.4, -0.2) is 49.8 Å². The van der Waals surface area contributed by atoms with Gasteiger partial charge in [0, 0.05) is 12.2 Å². The van der Waals surface area contributed by atoms with Crippen LogP contribution in [-0.2, 0) is 9.53 Å². The van der Waals surface area contributed by atoms with Crippen LogP contribution in [0.15, 0.2) is 18.2 Å². The maximum Gasteiger partial charge on any atom is 0.315 e. The molecular weight excluding hydrogens is 352 g/mol. The Kier molecular flexibility index (Phi) is 8.61. The first-order valence-corrected chi connectivity index (χ1v) is 10.7. The van der Waals surface area contributed by atoms with Gasteiger partial charge in [0.2, 0.25) is 0 Å². The van der Waals surface area contributed by atoms with E-state index in [2.05, 4.69) is 24.2 Å². The standard InChI is InChI=1S/C23H38N2O3/c1-6-7-8-13-25(5)14-9-10-15-27-18-11-12-21-19(16-18)20(17-24-21)22(26)28-23(2,3)4/h11-12,16,20,24H,6-10,13-15,17H2,1-5H3. The lowest BCUT2D eigenvalue weighted by Crippen LogP contribution is -2.28. The molecule has 1 aliphatic rings. The number of benzene rings is 1. The van der Waals surface area contributed by atoms with Gasteiger partial charge < -0.3 is 19.7 Å². The number of ether oxygens (including phenoxy) is 2. The first kappa shape index (κ1) is 22.5. The van der Waals surface area contributed by atoms with Crippen molar-refractivity contribution < 1.29 is 14.3 Å². The Morgan fingerprint density at radius 3 is 2.57 bits per heavy atom. The summed E-state index contributed by atoms with van der Waals surface area (Å²) >= 11 is 0. The van der Waals surface area contributed by atoms with Crippen LogP contribution < -0.4 is 10.1 Å². The Morgan fingerprint density at radius 1 is 1.18 bits per heavy atom. The Bertz CT molecular complexity index is 625. The number of rotatable bonds is 11. The normalized spacial score (nSPS) is 16.0. The number of fused-ring (bicyclic) bond motifs is 1. The fourth-order valence-corrected chi connectivity index (χ4v) is 3.40. The Hall–Kier alpha value is -1.75. The number of esters is 1. The van der Waals surface area contributed by atoms with Crippen LogP contribution in [0.2, 0.25) is 0 Å². The predicted molar refractivity (Wildman–Crippen MR) is 115 cm³/mol. The molecule has 1 N–H and O–H groups in total. The molecule has 0 saturated heterocycles. The maximum atomic E-state index is 12.5. The van der Waals surface area contributed by atoms with Gasteiger partial charge in [-0.05, 0) is 83.9 Å². The summed E-state index contributed by atoms with van der Waals surface area (Å²) in [6.45, 7) is 11.5. The second kappa shape index (κ2) is 10.7. The first-order valence-electron chi connectivity index (χ1n) is 10.7. The van der Waals surface area contributed by atoms with E-state index >= 15 is 0 Å². The molecule has 2 rings (SSSR count). The SMILES string of the molecule is CCCCCN(C)CCCCOc1ccc2c(c1)C(C(=O)OC(C)(C)C)CN2. The maximum absolute atomic E-state index is 12.5. The molecule has 1 unspecified atom stereocenters. The summed E-state index contributed by atoms with van der Waals surface area (Å²) in [4.78, 5) is 14.9. The molecule has 0 saturated carbocycles. The molecule has 5 heteroatoms. The fourth-order valence-electron chi connectivity index (χ4n) is 3.40. The lowest BCUT2D eigenvalue weighted by molar-refractivity contribution is -0.156. The summed E-state index contributed by atoms with van der Waals surface area (Å²) in [6, 6.07) is 5.96. The van der Waals surface area contributed by atoms with Gasteiger partial charge in [-0.3, -0.25) is 4.79 Å². The highest BCUT2D eigenvalue weighted by Crippen LogP contribution is 2.35. The lowest BCUT2D eigenvalue weighted by Gasteiger charge is -2.22. The van der Waals surface area contributed by atoms with Crippen molar-refractivity contribution in [3.8, 4) is 5.75 Å². The van der Waals surface area contributed by atoms with Crippen molar-refractivity contribution in [3.05, 3.63) is 23.8 Å². The largest absolute Gasteiger partial charge is 0.494 e. The number of unbranched alkanes of at least 4 members (excludes halogenated alkanes) is 3. The fraction of sp³-hybridized carbons (Fsp3) is 0.696. The summed E-state index contributed by atoms with van der Waals surface area (Å²) in [7, 11) is 2.20. The number of carbonyl (C=O) groups is 1. The molecule has 158 valence electrons. The van der Waals surface area contributed by atoms with Crippen LogP contribution >= 0.6 is 0 Å². The van der Waals surface area contributed by atoms with Crippen molar-refractivity contribution in [2.45, 2.75) is 71.3 Å². The van der Waals surface area contributed by atoms with Gasteiger partial charge in [0.15, 0.2) is 0 Å². The van der Waals surface area contributed by atoms with E-state index in [0.29, 0.717) is 13.2 Å². The third-order valence-electron chi connectivity index (χ3n) is 4.93. The van der Waals surface area contributed by atoms with E-state index in [-0.39, 0.29) is 11.9 Å². The highest BCUT2D eigenvalue weighted by atomic mass is 16.6. The number of anilines is 1. The monoisotopic (exact) mass is 390 g/mol. The molecule has 1 atom stereocenters. The summed E-state index contributed by atoms with van der Waals surface area (Å²) in [5.74, 6) is 0.379. The zero-order chi connectivity index (χ0) is 20.6. The van der Waals surface area contributed by atoms with Crippen LogP contribution in [0.25, 0.3) is 0 Å². The lowest BCUT2D eigenvalue weighted by atomic mass is 10.0. The van der Waals surface area contributed by atoms with Gasteiger partial charge in [-0.2, -0.15) is 0 Å². The molecule has 0 aromatic heterocycles. The summed E-state index contributed by atoms with van der Waals surface area (Å²) in [5, 5.41) is 3.29. The van der Waals surface area contributed by atoms with E-state index in [1.54, 1.807) is 0 Å². The summed E-state index contributed by atoms with van der Waals surface area (Å²) in [5.41, 5.74) is 1.50. The van der Waals surface area contributed by atoms with E-state index in [4.69, 9.17) is 9.47 Å². The predicted octanol–water partition coefficient (Wildman–Crippen LogP) is 4.82. The number of carbonyl (C=O) groups excluding carboxylic acids is 1. The molecule has 0 radical (unpaired) electrons. The molecule has 0 aliphatic carbocycles. The molecule has 1 aliphatic heterocycles. The molecule has 0 spiro atoms. The van der Waals surface area contributed by atoms with Gasteiger partial charge in [-0.25, -0.2) is 0 Å². The minimum Gasteiger partial charge on any atom is -0.494 e. The molecule has 1 aromatic rings. The second-order valence-corrected chi connectivity index (χ2v) is 8.78. The van der Waals surface area contributed by atoms with Crippen molar-refractivity contribution in [1.82, 2.24) is 4.90 Å². The molecule has 0 fully saturated rings. The highest BCUT2D eigenvalue weighted by Gasteiger charge is 2.32. The minimum absolute atomic E-state index is 0.179. The second-order valence-electron chi connectivity index (χ2n) is 8.78. The van der Waals surface area contributed by atoms with Gasteiger partial charge in [-0.1, -0.05) is 19.8 Å². The molecule has 1 heterocycles. The Labute approximate surface area is 170 Å². The molecule has 1 aromatic carbocycles. The Balaban J connectivity index is 1.77. The van der Waals surface area contributed by atoms with E-state index in [9.17, 15) is 4.79 Å². The van der Waals surface area contributed by atoms with Crippen molar-refractivity contribution >= 4 is 11.7 Å². The van der Waals surface area contributed by atoms with Crippen molar-refractivity contribution in [2.24, 2.45) is 0 Å². The van der Waals surface area contributed by atoms with Crippen molar-refractivity contribution in [2.75, 3.05) is 38.6 Å². The van der Waals surface area contributed by atoms with E-state index in [0.717, 1.165) is 36.4 Å². The van der Waals surface area contributed by atoms with Gasteiger partial charge >= 0.3 is 5.97 Å². The van der Waals surface area contributed by atoms with Gasteiger partial charge in [0.25, 0.3) is 0 Å². The van der Waals surface area contributed by atoms with E-state index < -0.39 is 5.60 Å². The van der Waals surface area contributed by atoms with Crippen LogP contribution in [0.5, 0.6) is 5.75 Å². The molecule has 0 bridgehead atoms. The number of nitrogens with one attached hydrogen (secondary N) is 1. The number of nitrogens with zero attached hydrogens (tertiary/aromatic N) is 1. The number of hydrogen-bond acceptors (Lipinski definition) is 5. The van der Waals surface area contributed by atoms with Gasteiger partial charge in [0.05, 0.1) is 6.61 Å². The van der Waals surface area contributed by atoms with Gasteiger partial charge in [0.1, 0.15) is 17.3 Å². The smallest absolute Gasteiger partial charge is 0.315 e. The average Bonchev–Trinajstić information content (AvgIpc) is 3.03. The highest BCUT2D eigenvalue weighted by molar-refractivity contribution is 5.84. The molecular formula is C23H38N2O3. The zero-order valence-electron chi connectivity index (χ0n) is 18.3. The van der Waals surface area contributed by atoms with E-state index in [1.165, 1.54) is 25.8 Å². The van der Waals surface area contributed by atoms with Crippen molar-refractivity contribution in [3.63, 3.8) is 0 Å². The Morgan fingerprint density at radius 2 is 1.89 bits per heavy atom. The average molecular weight is 391 g/mol. The summed E-state index contributed by atoms with van der Waals surface area (Å²) < 4.78 is 11.5. The van der Waals surface area contributed by atoms with Crippen molar-refractivity contribution in [1.29, 1.82) is 0 Å². The molecule has 28 heavy (non-hydrogen) atoms. The molecule has 0 amide bonds. The van der Waals surface area contributed by atoms with Gasteiger partial charge in [-0.15, -0.1) is 0 Å². The quantitative estimate of drug-likeness (QED) is 0.434. The minimum atomic E-state index is -0.475. The zero-order valence-corrected chi connectivity index (χ0v) is 18.3. The third-order valence-corrected chi connectivity index (χ3v) is 4.93. The summed E-state index contributed by atoms with van der Waals surface area (Å²) in [6.07, 6.45) is 6.03. The van der Waals surface area contributed by atoms with Crippen LogP contribution in [0.3, 0.4) is 0 Å². The number of hydrogen-bond donors (Lipinski definition) is 1. The van der Waals surface area contributed by atoms with Crippen LogP contribution in [0.4, 0.5) is 5.69 Å². The van der Waals surface area contributed by atoms with Crippen LogP contribution in [0.1, 0.15) is 71.3 Å². The first-order chi connectivity index (χ1) is 13.3. The molecule has 5 nitrogen and oxygen atoms in total. The third kappa shape index (κ3) is 7.34. The van der Waals surface area contributed by atoms with E-state index in [1.807, 2.05) is 39.0 Å². The topological polar surface area (TPSA) is 50.8 Å².